The molecule has 1 aromatic carbocycles. The van der Waals surface area contributed by atoms with Crippen LogP contribution in [0.3, 0.4) is 0 Å². The molecular weight excluding hydrogens is 480 g/mol. The van der Waals surface area contributed by atoms with Crippen LogP contribution < -0.4 is 16.0 Å². The predicted octanol–water partition coefficient (Wildman–Crippen LogP) is 4.06. The Labute approximate surface area is 214 Å². The van der Waals surface area contributed by atoms with Crippen LogP contribution in [-0.4, -0.2) is 33.4 Å². The van der Waals surface area contributed by atoms with Crippen LogP contribution >= 0.6 is 0 Å². The number of anilines is 1. The average molecular weight is 514 g/mol. The van der Waals surface area contributed by atoms with Crippen molar-refractivity contribution in [3.05, 3.63) is 71.6 Å². The molecule has 1 aliphatic rings. The van der Waals surface area contributed by atoms with Gasteiger partial charge < -0.3 is 24.9 Å². The van der Waals surface area contributed by atoms with Crippen LogP contribution in [0.5, 0.6) is 0 Å². The molecule has 198 valence electrons. The number of hydrogen-bond donors (Lipinski definition) is 3. The molecule has 0 spiro atoms. The molecule has 3 aromatic rings. The van der Waals surface area contributed by atoms with Gasteiger partial charge in [-0.2, -0.15) is 0 Å². The molecular formula is C27H33F2N5O3. The van der Waals surface area contributed by atoms with Crippen molar-refractivity contribution in [3.63, 3.8) is 0 Å². The lowest BCUT2D eigenvalue weighted by Gasteiger charge is -2.29. The Morgan fingerprint density at radius 3 is 2.84 bits per heavy atom. The van der Waals surface area contributed by atoms with Gasteiger partial charge in [0.15, 0.2) is 5.82 Å². The van der Waals surface area contributed by atoms with Gasteiger partial charge in [0, 0.05) is 18.3 Å². The first-order valence-electron chi connectivity index (χ1n) is 12.6. The van der Waals surface area contributed by atoms with E-state index >= 15 is 0 Å². The number of nitrogens with one attached hydrogen (secondary N) is 3. The number of amides is 2. The summed E-state index contributed by atoms with van der Waals surface area (Å²) in [4.78, 5) is 30.2. The normalized spacial score (nSPS) is 16.2. The predicted molar refractivity (Wildman–Crippen MR) is 135 cm³/mol. The molecule has 0 fully saturated rings. The molecule has 0 saturated carbocycles. The van der Waals surface area contributed by atoms with Gasteiger partial charge in [0.2, 0.25) is 11.8 Å². The standard InChI is InChI=1S/C27H33F2N5O3/c1-4-6-23(32-19-9-8-17-11-18(28)12-22(29)21(17)13-19)25(35)33-24-15-34(16-31-24)27(2,3)26(36)30-14-20-7-5-10-37-20/h5,7,10-12,15-16,19,23,32H,4,6,8-9,13-14H2,1-3H3,(H,30,36)(H,33,35)/t19?,23-/m0/s1. The van der Waals surface area contributed by atoms with Gasteiger partial charge in [0.25, 0.3) is 0 Å². The number of furan rings is 1. The minimum atomic E-state index is -0.956. The summed E-state index contributed by atoms with van der Waals surface area (Å²) in [6.45, 7) is 5.76. The molecule has 0 bridgehead atoms. The van der Waals surface area contributed by atoms with E-state index in [2.05, 4.69) is 20.9 Å². The van der Waals surface area contributed by atoms with Gasteiger partial charge >= 0.3 is 0 Å². The SMILES string of the molecule is CCC[C@H](NC1CCc2cc(F)cc(F)c2C1)C(=O)Nc1cn(C(C)(C)C(=O)NCc2ccco2)cn1. The number of halogens is 2. The van der Waals surface area contributed by atoms with Crippen LogP contribution in [0.1, 0.15) is 56.9 Å². The third-order valence-corrected chi connectivity index (χ3v) is 6.83. The lowest BCUT2D eigenvalue weighted by molar-refractivity contribution is -0.128. The molecule has 1 unspecified atom stereocenters. The van der Waals surface area contributed by atoms with E-state index in [-0.39, 0.29) is 24.4 Å². The van der Waals surface area contributed by atoms with E-state index in [1.54, 1.807) is 43.0 Å². The molecule has 1 aliphatic carbocycles. The Morgan fingerprint density at radius 2 is 2.11 bits per heavy atom. The first kappa shape index (κ1) is 26.5. The van der Waals surface area contributed by atoms with Crippen molar-refractivity contribution in [2.24, 2.45) is 0 Å². The monoisotopic (exact) mass is 513 g/mol. The zero-order chi connectivity index (χ0) is 26.6. The van der Waals surface area contributed by atoms with Crippen molar-refractivity contribution in [2.75, 3.05) is 5.32 Å². The minimum Gasteiger partial charge on any atom is -0.467 e. The van der Waals surface area contributed by atoms with Crippen molar-refractivity contribution >= 4 is 17.6 Å². The molecule has 10 heteroatoms. The molecule has 2 heterocycles. The number of nitrogens with zero attached hydrogens (tertiary/aromatic N) is 2. The molecule has 2 amide bonds. The van der Waals surface area contributed by atoms with E-state index < -0.39 is 23.2 Å². The molecule has 0 aliphatic heterocycles. The summed E-state index contributed by atoms with van der Waals surface area (Å²) >= 11 is 0. The van der Waals surface area contributed by atoms with Gasteiger partial charge in [-0.05, 0) is 68.9 Å². The summed E-state index contributed by atoms with van der Waals surface area (Å²) in [5.41, 5.74) is 0.239. The maximum absolute atomic E-state index is 14.3. The number of carbonyl (C=O) groups is 2. The second kappa shape index (κ2) is 11.2. The third-order valence-electron chi connectivity index (χ3n) is 6.83. The van der Waals surface area contributed by atoms with Crippen molar-refractivity contribution in [2.45, 2.75) is 77.0 Å². The zero-order valence-corrected chi connectivity index (χ0v) is 21.3. The number of benzene rings is 1. The molecule has 0 saturated heterocycles. The molecule has 2 aromatic heterocycles. The highest BCUT2D eigenvalue weighted by molar-refractivity contribution is 5.94. The largest absolute Gasteiger partial charge is 0.467 e. The second-order valence-corrected chi connectivity index (χ2v) is 9.95. The summed E-state index contributed by atoms with van der Waals surface area (Å²) in [6.07, 6.45) is 7.64. The average Bonchev–Trinajstić information content (AvgIpc) is 3.55. The van der Waals surface area contributed by atoms with E-state index in [0.717, 1.165) is 12.5 Å². The summed E-state index contributed by atoms with van der Waals surface area (Å²) in [5, 5.41) is 9.04. The molecule has 37 heavy (non-hydrogen) atoms. The molecule has 8 nitrogen and oxygen atoms in total. The first-order chi connectivity index (χ1) is 17.7. The second-order valence-electron chi connectivity index (χ2n) is 9.95. The molecule has 4 rings (SSSR count). The quantitative estimate of drug-likeness (QED) is 0.380. The maximum atomic E-state index is 14.3. The van der Waals surface area contributed by atoms with Gasteiger partial charge in [-0.3, -0.25) is 9.59 Å². The summed E-state index contributed by atoms with van der Waals surface area (Å²) in [7, 11) is 0. The van der Waals surface area contributed by atoms with Crippen molar-refractivity contribution in [1.29, 1.82) is 0 Å². The number of fused-ring (bicyclic) bond motifs is 1. The Morgan fingerprint density at radius 1 is 1.30 bits per heavy atom. The molecule has 0 radical (unpaired) electrons. The maximum Gasteiger partial charge on any atom is 0.246 e. The van der Waals surface area contributed by atoms with Gasteiger partial charge in [0.1, 0.15) is 22.9 Å². The minimum absolute atomic E-state index is 0.107. The van der Waals surface area contributed by atoms with Crippen molar-refractivity contribution in [3.8, 4) is 0 Å². The highest BCUT2D eigenvalue weighted by atomic mass is 19.1. The molecule has 3 N–H and O–H groups in total. The van der Waals surface area contributed by atoms with E-state index in [9.17, 15) is 18.4 Å². The number of hydrogen-bond acceptors (Lipinski definition) is 5. The highest BCUT2D eigenvalue weighted by Gasteiger charge is 2.31. The van der Waals surface area contributed by atoms with E-state index in [0.29, 0.717) is 48.4 Å². The van der Waals surface area contributed by atoms with Crippen LogP contribution in [0.4, 0.5) is 14.6 Å². The Bertz CT molecular complexity index is 1240. The van der Waals surface area contributed by atoms with E-state index in [4.69, 9.17) is 4.42 Å². The fourth-order valence-corrected chi connectivity index (χ4v) is 4.61. The number of aryl methyl sites for hydroxylation is 1. The van der Waals surface area contributed by atoms with E-state index in [1.807, 2.05) is 6.92 Å². The summed E-state index contributed by atoms with van der Waals surface area (Å²) < 4.78 is 34.8. The van der Waals surface area contributed by atoms with Crippen molar-refractivity contribution in [1.82, 2.24) is 20.2 Å². The topological polar surface area (TPSA) is 101 Å². The van der Waals surface area contributed by atoms with Crippen LogP contribution in [-0.2, 0) is 34.5 Å². The third kappa shape index (κ3) is 6.25. The smallest absolute Gasteiger partial charge is 0.246 e. The van der Waals surface area contributed by atoms with Crippen LogP contribution in [0.2, 0.25) is 0 Å². The lowest BCUT2D eigenvalue weighted by Crippen LogP contribution is -2.48. The fourth-order valence-electron chi connectivity index (χ4n) is 4.61. The highest BCUT2D eigenvalue weighted by Crippen LogP contribution is 2.26. The van der Waals surface area contributed by atoms with E-state index in [1.165, 1.54) is 12.4 Å². The van der Waals surface area contributed by atoms with Crippen LogP contribution in [0.25, 0.3) is 0 Å². The Kier molecular flexibility index (Phi) is 8.06. The van der Waals surface area contributed by atoms with Crippen LogP contribution in [0, 0.1) is 11.6 Å². The number of carbonyl (C=O) groups excluding carboxylic acids is 2. The number of rotatable bonds is 10. The Balaban J connectivity index is 1.37. The van der Waals surface area contributed by atoms with Gasteiger partial charge in [-0.15, -0.1) is 0 Å². The van der Waals surface area contributed by atoms with Crippen molar-refractivity contribution < 1.29 is 22.8 Å². The zero-order valence-electron chi connectivity index (χ0n) is 21.3. The van der Waals surface area contributed by atoms with Gasteiger partial charge in [-0.1, -0.05) is 13.3 Å². The van der Waals surface area contributed by atoms with Crippen LogP contribution in [0.15, 0.2) is 47.5 Å². The fraction of sp³-hybridized carbons (Fsp3) is 0.444. The first-order valence-corrected chi connectivity index (χ1v) is 12.6. The molecule has 2 atom stereocenters. The summed E-state index contributed by atoms with van der Waals surface area (Å²) in [5.74, 6) is -0.612. The number of imidazole rings is 1. The number of aromatic nitrogens is 2. The Hall–Kier alpha value is -3.53. The lowest BCUT2D eigenvalue weighted by atomic mass is 9.87. The summed E-state index contributed by atoms with van der Waals surface area (Å²) in [6, 6.07) is 5.22. The van der Waals surface area contributed by atoms with Gasteiger partial charge in [-0.25, -0.2) is 13.8 Å². The van der Waals surface area contributed by atoms with Gasteiger partial charge in [0.05, 0.1) is 25.2 Å².